The summed E-state index contributed by atoms with van der Waals surface area (Å²) in [6.45, 7) is 0. The number of nitrogens with one attached hydrogen (secondary N) is 1. The number of carboxylic acids is 1. The fourth-order valence-electron chi connectivity index (χ4n) is 2.47. The molecule has 0 radical (unpaired) electrons. The molecule has 7 heteroatoms. The molecule has 108 valence electrons. The lowest BCUT2D eigenvalue weighted by Gasteiger charge is -2.14. The van der Waals surface area contributed by atoms with Gasteiger partial charge in [-0.2, -0.15) is 0 Å². The summed E-state index contributed by atoms with van der Waals surface area (Å²) in [6.07, 6.45) is 1.77. The lowest BCUT2D eigenvalue weighted by atomic mass is 10.1. The van der Waals surface area contributed by atoms with E-state index < -0.39 is 10.9 Å². The van der Waals surface area contributed by atoms with Gasteiger partial charge in [-0.1, -0.05) is 0 Å². The van der Waals surface area contributed by atoms with Crippen LogP contribution in [0.3, 0.4) is 0 Å². The number of benzene rings is 1. The Balaban J connectivity index is 2.13. The molecule has 0 aromatic heterocycles. The lowest BCUT2D eigenvalue weighted by molar-refractivity contribution is -0.384. The topological polar surface area (TPSA) is 102 Å². The van der Waals surface area contributed by atoms with E-state index in [1.165, 1.54) is 13.2 Å². The number of anilines is 1. The van der Waals surface area contributed by atoms with E-state index in [9.17, 15) is 14.9 Å². The van der Waals surface area contributed by atoms with Gasteiger partial charge in [-0.15, -0.1) is 0 Å². The molecule has 20 heavy (non-hydrogen) atoms. The third-order valence-electron chi connectivity index (χ3n) is 3.54. The molecule has 2 rings (SSSR count). The number of aliphatic carboxylic acids is 1. The molecule has 0 bridgehead atoms. The molecule has 1 aliphatic rings. The molecule has 1 aliphatic carbocycles. The zero-order valence-electron chi connectivity index (χ0n) is 11.0. The minimum absolute atomic E-state index is 0.0526. The summed E-state index contributed by atoms with van der Waals surface area (Å²) in [7, 11) is 1.45. The molecule has 1 aromatic rings. The van der Waals surface area contributed by atoms with Crippen LogP contribution in [-0.2, 0) is 4.79 Å². The van der Waals surface area contributed by atoms with Gasteiger partial charge in [0.2, 0.25) is 0 Å². The van der Waals surface area contributed by atoms with Crippen LogP contribution in [0.5, 0.6) is 5.75 Å². The van der Waals surface area contributed by atoms with Crippen molar-refractivity contribution in [1.82, 2.24) is 0 Å². The Kier molecular flexibility index (Phi) is 4.07. The van der Waals surface area contributed by atoms with Gasteiger partial charge in [-0.05, 0) is 31.4 Å². The monoisotopic (exact) mass is 280 g/mol. The van der Waals surface area contributed by atoms with Gasteiger partial charge >= 0.3 is 5.97 Å². The highest BCUT2D eigenvalue weighted by atomic mass is 16.6. The smallest absolute Gasteiger partial charge is 0.306 e. The average molecular weight is 280 g/mol. The molecular weight excluding hydrogens is 264 g/mol. The lowest BCUT2D eigenvalue weighted by Crippen LogP contribution is -2.18. The molecule has 1 aromatic carbocycles. The van der Waals surface area contributed by atoms with E-state index in [2.05, 4.69) is 5.32 Å². The first-order chi connectivity index (χ1) is 9.51. The fourth-order valence-corrected chi connectivity index (χ4v) is 2.47. The summed E-state index contributed by atoms with van der Waals surface area (Å²) >= 11 is 0. The number of carbonyl (C=O) groups is 1. The number of hydrogen-bond donors (Lipinski definition) is 2. The molecule has 2 atom stereocenters. The van der Waals surface area contributed by atoms with E-state index in [0.717, 1.165) is 0 Å². The summed E-state index contributed by atoms with van der Waals surface area (Å²) in [5.74, 6) is -0.764. The van der Waals surface area contributed by atoms with Crippen molar-refractivity contribution in [2.45, 2.75) is 25.3 Å². The fraction of sp³-hybridized carbons (Fsp3) is 0.462. The van der Waals surface area contributed by atoms with Crippen LogP contribution in [0.15, 0.2) is 18.2 Å². The second kappa shape index (κ2) is 5.77. The van der Waals surface area contributed by atoms with Crippen LogP contribution in [0.4, 0.5) is 11.4 Å². The zero-order valence-corrected chi connectivity index (χ0v) is 11.0. The highest BCUT2D eigenvalue weighted by Crippen LogP contribution is 2.33. The first kappa shape index (κ1) is 14.1. The third kappa shape index (κ3) is 2.98. The van der Waals surface area contributed by atoms with Gasteiger partial charge < -0.3 is 15.2 Å². The van der Waals surface area contributed by atoms with E-state index in [1.54, 1.807) is 12.1 Å². The Morgan fingerprint density at radius 1 is 1.50 bits per heavy atom. The summed E-state index contributed by atoms with van der Waals surface area (Å²) in [5, 5.41) is 23.1. The van der Waals surface area contributed by atoms with E-state index in [-0.39, 0.29) is 17.6 Å². The highest BCUT2D eigenvalue weighted by Gasteiger charge is 2.30. The number of ether oxygens (including phenoxy) is 1. The maximum Gasteiger partial charge on any atom is 0.306 e. The second-order valence-corrected chi connectivity index (χ2v) is 4.83. The Morgan fingerprint density at radius 3 is 2.80 bits per heavy atom. The Morgan fingerprint density at radius 2 is 2.25 bits per heavy atom. The molecule has 0 heterocycles. The summed E-state index contributed by atoms with van der Waals surface area (Å²) in [6, 6.07) is 4.53. The van der Waals surface area contributed by atoms with E-state index in [4.69, 9.17) is 9.84 Å². The Bertz CT molecular complexity index is 531. The predicted molar refractivity (Wildman–Crippen MR) is 72.0 cm³/mol. The van der Waals surface area contributed by atoms with Crippen LogP contribution < -0.4 is 10.1 Å². The van der Waals surface area contributed by atoms with Gasteiger partial charge in [0.1, 0.15) is 11.4 Å². The molecule has 1 fully saturated rings. The van der Waals surface area contributed by atoms with Crippen molar-refractivity contribution in [3.05, 3.63) is 28.3 Å². The predicted octanol–water partition coefficient (Wildman–Crippen LogP) is 2.27. The van der Waals surface area contributed by atoms with E-state index in [0.29, 0.717) is 30.7 Å². The van der Waals surface area contributed by atoms with Crippen molar-refractivity contribution < 1.29 is 19.6 Å². The molecular formula is C13H16N2O5. The molecule has 0 amide bonds. The molecule has 1 saturated carbocycles. The molecule has 2 unspecified atom stereocenters. The minimum atomic E-state index is -0.807. The number of rotatable bonds is 5. The normalized spacial score (nSPS) is 21.4. The van der Waals surface area contributed by atoms with Crippen molar-refractivity contribution in [3.8, 4) is 5.75 Å². The quantitative estimate of drug-likeness (QED) is 0.633. The van der Waals surface area contributed by atoms with Crippen LogP contribution in [-0.4, -0.2) is 29.2 Å². The first-order valence-corrected chi connectivity index (χ1v) is 6.33. The second-order valence-electron chi connectivity index (χ2n) is 4.83. The number of nitro groups is 1. The van der Waals surface area contributed by atoms with Crippen molar-refractivity contribution in [1.29, 1.82) is 0 Å². The molecule has 7 nitrogen and oxygen atoms in total. The minimum Gasteiger partial charge on any atom is -0.496 e. The maximum absolute atomic E-state index is 11.1. The van der Waals surface area contributed by atoms with E-state index >= 15 is 0 Å². The van der Waals surface area contributed by atoms with Crippen LogP contribution in [0.1, 0.15) is 19.3 Å². The standard InChI is InChI=1S/C13H16N2O5/c1-20-10-4-5-11(12(7-10)15(18)19)14-9-3-2-8(6-9)13(16)17/h4-5,7-9,14H,2-3,6H2,1H3,(H,16,17). The van der Waals surface area contributed by atoms with Gasteiger partial charge in [0.25, 0.3) is 5.69 Å². The summed E-state index contributed by atoms with van der Waals surface area (Å²) < 4.78 is 4.97. The Labute approximate surface area is 115 Å². The van der Waals surface area contributed by atoms with Crippen LogP contribution in [0, 0.1) is 16.0 Å². The van der Waals surface area contributed by atoms with Crippen molar-refractivity contribution in [3.63, 3.8) is 0 Å². The third-order valence-corrected chi connectivity index (χ3v) is 3.54. The van der Waals surface area contributed by atoms with Crippen molar-refractivity contribution in [2.75, 3.05) is 12.4 Å². The number of nitro benzene ring substituents is 1. The van der Waals surface area contributed by atoms with Crippen LogP contribution in [0.2, 0.25) is 0 Å². The van der Waals surface area contributed by atoms with Crippen LogP contribution in [0.25, 0.3) is 0 Å². The summed E-state index contributed by atoms with van der Waals surface area (Å²) in [5.41, 5.74) is 0.329. The van der Waals surface area contributed by atoms with Gasteiger partial charge in [0.05, 0.1) is 24.0 Å². The number of nitrogens with zero attached hydrogens (tertiary/aromatic N) is 1. The summed E-state index contributed by atoms with van der Waals surface area (Å²) in [4.78, 5) is 21.5. The van der Waals surface area contributed by atoms with Gasteiger partial charge in [0.15, 0.2) is 0 Å². The van der Waals surface area contributed by atoms with Crippen molar-refractivity contribution >= 4 is 17.3 Å². The molecule has 2 N–H and O–H groups in total. The van der Waals surface area contributed by atoms with Gasteiger partial charge in [0, 0.05) is 6.04 Å². The number of methoxy groups -OCH3 is 1. The average Bonchev–Trinajstić information content (AvgIpc) is 2.87. The van der Waals surface area contributed by atoms with Gasteiger partial charge in [-0.3, -0.25) is 14.9 Å². The largest absolute Gasteiger partial charge is 0.496 e. The number of carboxylic acid groups (broad SMARTS) is 1. The highest BCUT2D eigenvalue weighted by molar-refractivity contribution is 5.71. The zero-order chi connectivity index (χ0) is 14.7. The van der Waals surface area contributed by atoms with E-state index in [1.807, 2.05) is 0 Å². The SMILES string of the molecule is COc1ccc(NC2CCC(C(=O)O)C2)c([N+](=O)[O-])c1. The molecule has 0 saturated heterocycles. The maximum atomic E-state index is 11.1. The Hall–Kier alpha value is -2.31. The van der Waals surface area contributed by atoms with Crippen molar-refractivity contribution in [2.24, 2.45) is 5.92 Å². The first-order valence-electron chi connectivity index (χ1n) is 6.33. The van der Waals surface area contributed by atoms with Crippen LogP contribution >= 0.6 is 0 Å². The molecule has 0 spiro atoms. The van der Waals surface area contributed by atoms with Gasteiger partial charge in [-0.25, -0.2) is 0 Å². The molecule has 0 aliphatic heterocycles. The number of hydrogen-bond acceptors (Lipinski definition) is 5.